The van der Waals surface area contributed by atoms with Crippen LogP contribution in [0.2, 0.25) is 0 Å². The number of aryl methyl sites for hydroxylation is 1. The first kappa shape index (κ1) is 19.4. The first-order valence-corrected chi connectivity index (χ1v) is 8.76. The third-order valence-corrected chi connectivity index (χ3v) is 4.63. The summed E-state index contributed by atoms with van der Waals surface area (Å²) < 4.78 is 0. The number of carbonyl (C=O) groups excluding carboxylic acids is 2. The number of hydrogen-bond acceptors (Lipinski definition) is 4. The predicted octanol–water partition coefficient (Wildman–Crippen LogP) is 0.932. The van der Waals surface area contributed by atoms with E-state index in [4.69, 9.17) is 0 Å². The molecule has 1 aromatic rings. The van der Waals surface area contributed by atoms with Crippen molar-refractivity contribution in [3.05, 3.63) is 35.4 Å². The highest BCUT2D eigenvalue weighted by molar-refractivity contribution is 5.97. The zero-order valence-corrected chi connectivity index (χ0v) is 15.5. The minimum absolute atomic E-state index is 0.0605. The van der Waals surface area contributed by atoms with Gasteiger partial charge in [0.2, 0.25) is 5.91 Å². The first-order chi connectivity index (χ1) is 11.7. The van der Waals surface area contributed by atoms with E-state index in [-0.39, 0.29) is 24.3 Å². The van der Waals surface area contributed by atoms with Crippen molar-refractivity contribution < 1.29 is 14.7 Å². The molecule has 2 atom stereocenters. The molecule has 1 aliphatic heterocycles. The van der Waals surface area contributed by atoms with Gasteiger partial charge in [-0.3, -0.25) is 9.59 Å². The Morgan fingerprint density at radius 2 is 2.08 bits per heavy atom. The second-order valence-electron chi connectivity index (χ2n) is 7.49. The molecule has 6 heteroatoms. The van der Waals surface area contributed by atoms with E-state index in [1.807, 2.05) is 44.9 Å². The summed E-state index contributed by atoms with van der Waals surface area (Å²) in [7, 11) is 1.94. The molecule has 0 spiro atoms. The molecule has 0 bridgehead atoms. The minimum atomic E-state index is -0.896. The lowest BCUT2D eigenvalue weighted by atomic mass is 10.0. The fourth-order valence-electron chi connectivity index (χ4n) is 3.11. The molecule has 1 aromatic carbocycles. The molecule has 6 nitrogen and oxygen atoms in total. The average Bonchev–Trinajstić information content (AvgIpc) is 2.89. The van der Waals surface area contributed by atoms with Crippen molar-refractivity contribution in [1.29, 1.82) is 0 Å². The number of β-amino-alcohol motifs (C(OH)–C–C–N with tert-alkyl or cyclic N) is 1. The summed E-state index contributed by atoms with van der Waals surface area (Å²) in [5.41, 5.74) is 0.632. The molecule has 0 aromatic heterocycles. The van der Waals surface area contributed by atoms with Gasteiger partial charge in [0.25, 0.3) is 5.91 Å². The molecule has 1 fully saturated rings. The fraction of sp³-hybridized carbons (Fsp3) is 0.579. The molecule has 0 unspecified atom stereocenters. The second-order valence-corrected chi connectivity index (χ2v) is 7.49. The summed E-state index contributed by atoms with van der Waals surface area (Å²) >= 11 is 0. The Morgan fingerprint density at radius 3 is 2.64 bits per heavy atom. The zero-order valence-electron chi connectivity index (χ0n) is 15.5. The summed E-state index contributed by atoms with van der Waals surface area (Å²) in [5, 5.41) is 16.1. The van der Waals surface area contributed by atoms with Crippen LogP contribution in [-0.2, 0) is 4.79 Å². The van der Waals surface area contributed by atoms with Gasteiger partial charge in [0, 0.05) is 25.2 Å². The van der Waals surface area contributed by atoms with Gasteiger partial charge < -0.3 is 20.6 Å². The maximum absolute atomic E-state index is 12.5. The molecule has 0 aliphatic carbocycles. The van der Waals surface area contributed by atoms with Crippen molar-refractivity contribution in [3.8, 4) is 0 Å². The van der Waals surface area contributed by atoms with Crippen LogP contribution in [0.4, 0.5) is 0 Å². The van der Waals surface area contributed by atoms with Crippen molar-refractivity contribution in [2.24, 2.45) is 5.92 Å². The Balaban J connectivity index is 1.97. The largest absolute Gasteiger partial charge is 0.387 e. The Hall–Kier alpha value is -1.92. The van der Waals surface area contributed by atoms with Gasteiger partial charge in [-0.15, -0.1) is 0 Å². The summed E-state index contributed by atoms with van der Waals surface area (Å²) in [6, 6.07) is 6.62. The third-order valence-electron chi connectivity index (χ3n) is 4.63. The highest BCUT2D eigenvalue weighted by atomic mass is 16.3. The van der Waals surface area contributed by atoms with Crippen molar-refractivity contribution in [2.75, 3.05) is 26.7 Å². The number of likely N-dealkylation sites (N-methyl/N-ethyl adjacent to an activating group) is 1. The molecule has 3 N–H and O–H groups in total. The van der Waals surface area contributed by atoms with Crippen LogP contribution in [0.3, 0.4) is 0 Å². The van der Waals surface area contributed by atoms with Crippen molar-refractivity contribution in [3.63, 3.8) is 0 Å². The van der Waals surface area contributed by atoms with Crippen LogP contribution in [0, 0.1) is 12.8 Å². The van der Waals surface area contributed by atoms with Gasteiger partial charge in [0.1, 0.15) is 6.04 Å². The van der Waals surface area contributed by atoms with Crippen LogP contribution in [0.1, 0.15) is 36.2 Å². The monoisotopic (exact) mass is 347 g/mol. The summed E-state index contributed by atoms with van der Waals surface area (Å²) in [4.78, 5) is 27.0. The Morgan fingerprint density at radius 1 is 1.36 bits per heavy atom. The van der Waals surface area contributed by atoms with Gasteiger partial charge >= 0.3 is 0 Å². The number of carbonyl (C=O) groups is 2. The Labute approximate surface area is 149 Å². The van der Waals surface area contributed by atoms with Gasteiger partial charge in [0.15, 0.2) is 0 Å². The third kappa shape index (κ3) is 5.28. The van der Waals surface area contributed by atoms with E-state index in [2.05, 4.69) is 10.6 Å². The smallest absolute Gasteiger partial charge is 0.251 e. The van der Waals surface area contributed by atoms with Crippen molar-refractivity contribution in [2.45, 2.75) is 38.8 Å². The van der Waals surface area contributed by atoms with Crippen LogP contribution >= 0.6 is 0 Å². The zero-order chi connectivity index (χ0) is 18.6. The lowest BCUT2D eigenvalue weighted by Crippen LogP contribution is -2.53. The molecule has 25 heavy (non-hydrogen) atoms. The number of likely N-dealkylation sites (tertiary alicyclic amines) is 1. The number of aliphatic hydroxyl groups is 1. The molecule has 138 valence electrons. The number of nitrogens with zero attached hydrogens (tertiary/aromatic N) is 1. The maximum Gasteiger partial charge on any atom is 0.251 e. The van der Waals surface area contributed by atoms with E-state index in [9.17, 15) is 14.7 Å². The van der Waals surface area contributed by atoms with Gasteiger partial charge in [-0.1, -0.05) is 31.5 Å². The molecule has 0 radical (unpaired) electrons. The topological polar surface area (TPSA) is 81.7 Å². The fourth-order valence-corrected chi connectivity index (χ4v) is 3.11. The van der Waals surface area contributed by atoms with Gasteiger partial charge in [-0.05, 0) is 38.4 Å². The van der Waals surface area contributed by atoms with E-state index in [0.717, 1.165) is 12.1 Å². The van der Waals surface area contributed by atoms with Crippen molar-refractivity contribution >= 4 is 11.8 Å². The number of rotatable bonds is 6. The molecule has 1 aliphatic rings. The van der Waals surface area contributed by atoms with E-state index < -0.39 is 11.6 Å². The van der Waals surface area contributed by atoms with E-state index in [0.29, 0.717) is 18.5 Å². The summed E-state index contributed by atoms with van der Waals surface area (Å²) in [6.45, 7) is 7.24. The molecule has 0 saturated carbocycles. The highest BCUT2D eigenvalue weighted by Gasteiger charge is 2.35. The first-order valence-electron chi connectivity index (χ1n) is 8.76. The van der Waals surface area contributed by atoms with Crippen LogP contribution in [0.5, 0.6) is 0 Å². The minimum Gasteiger partial charge on any atom is -0.387 e. The molecular weight excluding hydrogens is 318 g/mol. The van der Waals surface area contributed by atoms with E-state index in [1.165, 1.54) is 0 Å². The molecule has 2 amide bonds. The van der Waals surface area contributed by atoms with Crippen LogP contribution < -0.4 is 10.6 Å². The molecule has 2 rings (SSSR count). The second kappa shape index (κ2) is 7.97. The number of amides is 2. The maximum atomic E-state index is 12.5. The molecular formula is C19H29N3O3. The van der Waals surface area contributed by atoms with Gasteiger partial charge in [-0.2, -0.15) is 0 Å². The Bertz CT molecular complexity index is 632. The lowest BCUT2D eigenvalue weighted by molar-refractivity contribution is -0.125. The molecule has 1 saturated heterocycles. The van der Waals surface area contributed by atoms with Crippen molar-refractivity contribution in [1.82, 2.24) is 15.5 Å². The van der Waals surface area contributed by atoms with E-state index in [1.54, 1.807) is 12.1 Å². The van der Waals surface area contributed by atoms with Gasteiger partial charge in [-0.25, -0.2) is 0 Å². The van der Waals surface area contributed by atoms with Crippen LogP contribution in [0.15, 0.2) is 24.3 Å². The van der Waals surface area contributed by atoms with E-state index >= 15 is 0 Å². The SMILES string of the molecule is Cc1cccc(C(=O)N[C@@H](C(=O)NC[C@]2(O)CCN(C)C2)C(C)C)c1. The average molecular weight is 347 g/mol. The van der Waals surface area contributed by atoms with Crippen LogP contribution in [0.25, 0.3) is 0 Å². The number of hydrogen-bond donors (Lipinski definition) is 3. The van der Waals surface area contributed by atoms with Gasteiger partial charge in [0.05, 0.1) is 5.60 Å². The normalized spacial score (nSPS) is 22.0. The predicted molar refractivity (Wildman–Crippen MR) is 97.3 cm³/mol. The standard InChI is InChI=1S/C19H29N3O3/c1-13(2)16(21-17(23)15-7-5-6-14(3)10-15)18(24)20-11-19(25)8-9-22(4)12-19/h5-7,10,13,16,25H,8-9,11-12H2,1-4H3,(H,20,24)(H,21,23)/t16-,19-/m1/s1. The van der Waals surface area contributed by atoms with Crippen LogP contribution in [-0.4, -0.2) is 60.1 Å². The lowest BCUT2D eigenvalue weighted by Gasteiger charge is -2.26. The number of nitrogens with one attached hydrogen (secondary N) is 2. The highest BCUT2D eigenvalue weighted by Crippen LogP contribution is 2.19. The molecule has 1 heterocycles. The number of benzene rings is 1. The summed E-state index contributed by atoms with van der Waals surface area (Å²) in [5.74, 6) is -0.592. The Kier molecular flexibility index (Phi) is 6.19. The quantitative estimate of drug-likeness (QED) is 0.715. The summed E-state index contributed by atoms with van der Waals surface area (Å²) in [6.07, 6.45) is 0.631.